The maximum atomic E-state index is 8.91. The van der Waals surface area contributed by atoms with E-state index >= 15 is 0 Å². The monoisotopic (exact) mass is 257 g/mol. The standard InChI is InChI=1S/C15H20BNO2/c1-11(10-17)12-6-8-13(9-7-12)16-18-14(2,3)15(4,5)19-16/h6-9,11H,1-5H3. The van der Waals surface area contributed by atoms with Crippen molar-refractivity contribution in [1.29, 1.82) is 5.26 Å². The van der Waals surface area contributed by atoms with Gasteiger partial charge in [-0.15, -0.1) is 0 Å². The molecule has 1 heterocycles. The van der Waals surface area contributed by atoms with Gasteiger partial charge >= 0.3 is 7.12 Å². The summed E-state index contributed by atoms with van der Waals surface area (Å²) >= 11 is 0. The van der Waals surface area contributed by atoms with Crippen LogP contribution in [-0.2, 0) is 9.31 Å². The molecule has 4 heteroatoms. The van der Waals surface area contributed by atoms with Crippen LogP contribution >= 0.6 is 0 Å². The fraction of sp³-hybridized carbons (Fsp3) is 0.533. The quantitative estimate of drug-likeness (QED) is 0.765. The SMILES string of the molecule is CC(C#N)c1ccc(B2OC(C)(C)C(C)(C)O2)cc1. The lowest BCUT2D eigenvalue weighted by Crippen LogP contribution is -2.41. The summed E-state index contributed by atoms with van der Waals surface area (Å²) in [6.45, 7) is 10.1. The number of benzene rings is 1. The molecule has 0 amide bonds. The van der Waals surface area contributed by atoms with Crippen LogP contribution in [0.3, 0.4) is 0 Å². The third kappa shape index (κ3) is 2.54. The van der Waals surface area contributed by atoms with E-state index in [9.17, 15) is 0 Å². The molecule has 0 saturated carbocycles. The Bertz CT molecular complexity index is 486. The van der Waals surface area contributed by atoms with E-state index in [2.05, 4.69) is 6.07 Å². The summed E-state index contributed by atoms with van der Waals surface area (Å²) in [5.41, 5.74) is 1.36. The zero-order valence-electron chi connectivity index (χ0n) is 12.2. The summed E-state index contributed by atoms with van der Waals surface area (Å²) in [4.78, 5) is 0. The summed E-state index contributed by atoms with van der Waals surface area (Å²) in [5.74, 6) is -0.0904. The Morgan fingerprint density at radius 3 is 1.95 bits per heavy atom. The van der Waals surface area contributed by atoms with Crippen LogP contribution in [0.5, 0.6) is 0 Å². The Kier molecular flexibility index (Phi) is 3.46. The van der Waals surface area contributed by atoms with Gasteiger partial charge in [0, 0.05) is 0 Å². The Morgan fingerprint density at radius 1 is 1.05 bits per heavy atom. The molecule has 0 bridgehead atoms. The van der Waals surface area contributed by atoms with Gasteiger partial charge in [0.2, 0.25) is 0 Å². The molecule has 1 unspecified atom stereocenters. The van der Waals surface area contributed by atoms with Gasteiger partial charge in [-0.05, 0) is 45.6 Å². The zero-order chi connectivity index (χ0) is 14.3. The summed E-state index contributed by atoms with van der Waals surface area (Å²) in [5, 5.41) is 8.91. The van der Waals surface area contributed by atoms with E-state index in [0.29, 0.717) is 0 Å². The molecule has 1 aromatic carbocycles. The van der Waals surface area contributed by atoms with E-state index < -0.39 is 0 Å². The van der Waals surface area contributed by atoms with Crippen LogP contribution in [-0.4, -0.2) is 18.3 Å². The highest BCUT2D eigenvalue weighted by molar-refractivity contribution is 6.62. The van der Waals surface area contributed by atoms with Gasteiger partial charge in [0.25, 0.3) is 0 Å². The molecule has 0 N–H and O–H groups in total. The first kappa shape index (κ1) is 14.1. The lowest BCUT2D eigenvalue weighted by atomic mass is 9.78. The highest BCUT2D eigenvalue weighted by atomic mass is 16.7. The predicted molar refractivity (Wildman–Crippen MR) is 76.2 cm³/mol. The van der Waals surface area contributed by atoms with E-state index in [1.807, 2.05) is 58.9 Å². The molecule has 0 spiro atoms. The average molecular weight is 257 g/mol. The van der Waals surface area contributed by atoms with Crippen LogP contribution in [0.15, 0.2) is 24.3 Å². The van der Waals surface area contributed by atoms with Crippen molar-refractivity contribution in [2.24, 2.45) is 0 Å². The molecule has 100 valence electrons. The number of rotatable bonds is 2. The van der Waals surface area contributed by atoms with Crippen LogP contribution in [0.2, 0.25) is 0 Å². The molecule has 0 aliphatic carbocycles. The van der Waals surface area contributed by atoms with Gasteiger partial charge in [-0.25, -0.2) is 0 Å². The van der Waals surface area contributed by atoms with E-state index in [1.165, 1.54) is 0 Å². The molecule has 1 atom stereocenters. The second-order valence-corrected chi connectivity index (χ2v) is 6.11. The van der Waals surface area contributed by atoms with E-state index in [0.717, 1.165) is 11.0 Å². The van der Waals surface area contributed by atoms with Crippen molar-refractivity contribution in [1.82, 2.24) is 0 Å². The minimum Gasteiger partial charge on any atom is -0.399 e. The van der Waals surface area contributed by atoms with E-state index in [1.54, 1.807) is 0 Å². The highest BCUT2D eigenvalue weighted by Crippen LogP contribution is 2.36. The maximum absolute atomic E-state index is 8.91. The molecule has 0 radical (unpaired) electrons. The molecule has 1 fully saturated rings. The summed E-state index contributed by atoms with van der Waals surface area (Å²) in [7, 11) is -0.337. The van der Waals surface area contributed by atoms with Gasteiger partial charge in [0.15, 0.2) is 0 Å². The van der Waals surface area contributed by atoms with Gasteiger partial charge < -0.3 is 9.31 Å². The van der Waals surface area contributed by atoms with Crippen molar-refractivity contribution < 1.29 is 9.31 Å². The van der Waals surface area contributed by atoms with Gasteiger partial charge in [-0.3, -0.25) is 0 Å². The topological polar surface area (TPSA) is 42.2 Å². The Labute approximate surface area is 115 Å². The number of hydrogen-bond acceptors (Lipinski definition) is 3. The Morgan fingerprint density at radius 2 is 1.53 bits per heavy atom. The van der Waals surface area contributed by atoms with Crippen molar-refractivity contribution >= 4 is 12.6 Å². The lowest BCUT2D eigenvalue weighted by Gasteiger charge is -2.32. The first-order valence-corrected chi connectivity index (χ1v) is 6.62. The van der Waals surface area contributed by atoms with E-state index in [4.69, 9.17) is 14.6 Å². The summed E-state index contributed by atoms with van der Waals surface area (Å²) < 4.78 is 12.0. The summed E-state index contributed by atoms with van der Waals surface area (Å²) in [6, 6.07) is 10.1. The first-order valence-electron chi connectivity index (χ1n) is 6.62. The van der Waals surface area contributed by atoms with Crippen LogP contribution < -0.4 is 5.46 Å². The number of hydrogen-bond donors (Lipinski definition) is 0. The van der Waals surface area contributed by atoms with Crippen molar-refractivity contribution in [2.45, 2.75) is 51.7 Å². The number of nitriles is 1. The van der Waals surface area contributed by atoms with Crippen molar-refractivity contribution in [2.75, 3.05) is 0 Å². The lowest BCUT2D eigenvalue weighted by molar-refractivity contribution is 0.00578. The average Bonchev–Trinajstić information content (AvgIpc) is 2.58. The minimum absolute atomic E-state index is 0.0904. The molecule has 19 heavy (non-hydrogen) atoms. The second-order valence-electron chi connectivity index (χ2n) is 6.11. The van der Waals surface area contributed by atoms with Crippen molar-refractivity contribution in [3.05, 3.63) is 29.8 Å². The molecular formula is C15H20BNO2. The van der Waals surface area contributed by atoms with Crippen LogP contribution in [0.4, 0.5) is 0 Å². The summed E-state index contributed by atoms with van der Waals surface area (Å²) in [6.07, 6.45) is 0. The fourth-order valence-corrected chi connectivity index (χ4v) is 2.00. The minimum atomic E-state index is -0.337. The first-order chi connectivity index (χ1) is 8.77. The molecule has 1 aromatic rings. The second kappa shape index (κ2) is 4.66. The largest absolute Gasteiger partial charge is 0.494 e. The Balaban J connectivity index is 2.19. The van der Waals surface area contributed by atoms with Crippen LogP contribution in [0.25, 0.3) is 0 Å². The normalized spacial score (nSPS) is 22.0. The van der Waals surface area contributed by atoms with Crippen molar-refractivity contribution in [3.8, 4) is 6.07 Å². The fourth-order valence-electron chi connectivity index (χ4n) is 2.00. The molecule has 3 nitrogen and oxygen atoms in total. The van der Waals surface area contributed by atoms with Gasteiger partial charge in [0.1, 0.15) is 0 Å². The number of nitrogens with zero attached hydrogens (tertiary/aromatic N) is 1. The zero-order valence-corrected chi connectivity index (χ0v) is 12.2. The van der Waals surface area contributed by atoms with Crippen LogP contribution in [0.1, 0.15) is 46.1 Å². The van der Waals surface area contributed by atoms with Crippen molar-refractivity contribution in [3.63, 3.8) is 0 Å². The molecular weight excluding hydrogens is 237 g/mol. The molecule has 1 aliphatic rings. The maximum Gasteiger partial charge on any atom is 0.494 e. The third-order valence-corrected chi connectivity index (χ3v) is 4.16. The van der Waals surface area contributed by atoms with Gasteiger partial charge in [-0.1, -0.05) is 24.3 Å². The third-order valence-electron chi connectivity index (χ3n) is 4.16. The van der Waals surface area contributed by atoms with Gasteiger partial charge in [-0.2, -0.15) is 5.26 Å². The molecule has 0 aromatic heterocycles. The highest BCUT2D eigenvalue weighted by Gasteiger charge is 2.51. The predicted octanol–water partition coefficient (Wildman–Crippen LogP) is 2.61. The van der Waals surface area contributed by atoms with E-state index in [-0.39, 0.29) is 24.2 Å². The Hall–Kier alpha value is -1.31. The molecule has 2 rings (SSSR count). The van der Waals surface area contributed by atoms with Gasteiger partial charge in [0.05, 0.1) is 23.2 Å². The smallest absolute Gasteiger partial charge is 0.399 e. The molecule has 1 saturated heterocycles. The molecule has 1 aliphatic heterocycles. The van der Waals surface area contributed by atoms with Crippen LogP contribution in [0, 0.1) is 11.3 Å².